The van der Waals surface area contributed by atoms with E-state index in [0.29, 0.717) is 13.0 Å². The number of carbonyl (C=O) groups excluding carboxylic acids is 1. The molecule has 2 heterocycles. The number of rotatable bonds is 3. The van der Waals surface area contributed by atoms with E-state index in [4.69, 9.17) is 0 Å². The second-order valence-corrected chi connectivity index (χ2v) is 5.32. The molecule has 1 N–H and O–H groups in total. The summed E-state index contributed by atoms with van der Waals surface area (Å²) in [7, 11) is 0. The Balaban J connectivity index is 0.00000121. The zero-order valence-corrected chi connectivity index (χ0v) is 14.2. The molecule has 3 rings (SSSR count). The molecule has 1 aromatic heterocycles. The van der Waals surface area contributed by atoms with Crippen LogP contribution in [0.25, 0.3) is 11.0 Å². The summed E-state index contributed by atoms with van der Waals surface area (Å²) in [6, 6.07) is 8.30. The Kier molecular flexibility index (Phi) is 7.13. The molecule has 0 spiro atoms. The number of hydrogen-bond donors (Lipinski definition) is 1. The van der Waals surface area contributed by atoms with Gasteiger partial charge in [0.2, 0.25) is 5.91 Å². The van der Waals surface area contributed by atoms with Crippen molar-refractivity contribution in [2.24, 2.45) is 0 Å². The molecule has 0 bridgehead atoms. The molecule has 122 valence electrons. The first kappa shape index (κ1) is 18.7. The van der Waals surface area contributed by atoms with Gasteiger partial charge in [0.25, 0.3) is 0 Å². The number of nitrogens with one attached hydrogen (secondary N) is 1. The summed E-state index contributed by atoms with van der Waals surface area (Å²) in [5.41, 5.74) is 2.07. The summed E-state index contributed by atoms with van der Waals surface area (Å²) in [4.78, 5) is 18.6. The van der Waals surface area contributed by atoms with E-state index in [9.17, 15) is 4.79 Å². The van der Waals surface area contributed by atoms with Crippen molar-refractivity contribution >= 4 is 41.8 Å². The summed E-state index contributed by atoms with van der Waals surface area (Å²) in [6.45, 7) is 5.38. The highest BCUT2D eigenvalue weighted by atomic mass is 35.5. The highest BCUT2D eigenvalue weighted by Crippen LogP contribution is 2.13. The standard InChI is InChI=1S/C15H20N4O.2ClH/c1-12-10-16-7-9-19(12)15(20)6-8-18-11-17-13-4-2-3-5-14(13)18;;/h2-5,11-12,16H,6-10H2,1H3;2*1H/t12-;;/m1../s1. The van der Waals surface area contributed by atoms with Gasteiger partial charge in [0.05, 0.1) is 17.4 Å². The minimum Gasteiger partial charge on any atom is -0.337 e. The molecule has 0 aliphatic carbocycles. The van der Waals surface area contributed by atoms with Crippen LogP contribution in [0.2, 0.25) is 0 Å². The lowest BCUT2D eigenvalue weighted by atomic mass is 10.2. The fourth-order valence-electron chi connectivity index (χ4n) is 2.76. The van der Waals surface area contributed by atoms with Gasteiger partial charge in [-0.25, -0.2) is 4.98 Å². The fourth-order valence-corrected chi connectivity index (χ4v) is 2.76. The number of hydrogen-bond acceptors (Lipinski definition) is 3. The third kappa shape index (κ3) is 3.91. The van der Waals surface area contributed by atoms with E-state index in [0.717, 1.165) is 30.7 Å². The Bertz CT molecular complexity index is 616. The number of halogens is 2. The van der Waals surface area contributed by atoms with Gasteiger partial charge in [-0.15, -0.1) is 24.8 Å². The normalized spacial score (nSPS) is 17.7. The average molecular weight is 345 g/mol. The molecule has 0 radical (unpaired) electrons. The molecule has 1 aliphatic rings. The number of fused-ring (bicyclic) bond motifs is 1. The van der Waals surface area contributed by atoms with Gasteiger partial charge < -0.3 is 14.8 Å². The molecular weight excluding hydrogens is 323 g/mol. The number of carbonyl (C=O) groups is 1. The number of piperazine rings is 1. The van der Waals surface area contributed by atoms with Crippen molar-refractivity contribution in [3.63, 3.8) is 0 Å². The number of nitrogens with zero attached hydrogens (tertiary/aromatic N) is 3. The van der Waals surface area contributed by atoms with Crippen molar-refractivity contribution in [1.29, 1.82) is 0 Å². The van der Waals surface area contributed by atoms with Gasteiger partial charge in [-0.05, 0) is 19.1 Å². The molecule has 1 amide bonds. The largest absolute Gasteiger partial charge is 0.337 e. The van der Waals surface area contributed by atoms with E-state index >= 15 is 0 Å². The van der Waals surface area contributed by atoms with Crippen LogP contribution in [0.4, 0.5) is 0 Å². The number of imidazole rings is 1. The lowest BCUT2D eigenvalue weighted by molar-refractivity contribution is -0.134. The zero-order valence-electron chi connectivity index (χ0n) is 12.6. The topological polar surface area (TPSA) is 50.2 Å². The van der Waals surface area contributed by atoms with Gasteiger partial charge in [-0.3, -0.25) is 4.79 Å². The van der Waals surface area contributed by atoms with Crippen LogP contribution in [0.1, 0.15) is 13.3 Å². The molecule has 0 saturated carbocycles. The summed E-state index contributed by atoms with van der Waals surface area (Å²) in [5.74, 6) is 0.233. The second kappa shape index (κ2) is 8.36. The fraction of sp³-hybridized carbons (Fsp3) is 0.467. The lowest BCUT2D eigenvalue weighted by Crippen LogP contribution is -2.52. The first-order chi connectivity index (χ1) is 9.75. The van der Waals surface area contributed by atoms with Crippen molar-refractivity contribution < 1.29 is 4.79 Å². The summed E-state index contributed by atoms with van der Waals surface area (Å²) in [5, 5.41) is 3.30. The molecule has 5 nitrogen and oxygen atoms in total. The maximum absolute atomic E-state index is 12.3. The van der Waals surface area contributed by atoms with Gasteiger partial charge in [0, 0.05) is 38.6 Å². The summed E-state index contributed by atoms with van der Waals surface area (Å²) >= 11 is 0. The maximum Gasteiger partial charge on any atom is 0.224 e. The van der Waals surface area contributed by atoms with Crippen molar-refractivity contribution in [3.8, 4) is 0 Å². The Morgan fingerprint density at radius 2 is 2.14 bits per heavy atom. The number of aryl methyl sites for hydroxylation is 1. The molecule has 0 unspecified atom stereocenters. The van der Waals surface area contributed by atoms with Crippen molar-refractivity contribution in [2.45, 2.75) is 25.9 Å². The van der Waals surface area contributed by atoms with E-state index in [1.165, 1.54) is 0 Å². The molecule has 1 atom stereocenters. The quantitative estimate of drug-likeness (QED) is 0.927. The Morgan fingerprint density at radius 3 is 2.91 bits per heavy atom. The van der Waals surface area contributed by atoms with Gasteiger partial charge >= 0.3 is 0 Å². The van der Waals surface area contributed by atoms with Crippen LogP contribution in [-0.4, -0.2) is 46.0 Å². The van der Waals surface area contributed by atoms with Crippen LogP contribution >= 0.6 is 24.8 Å². The predicted molar refractivity (Wildman–Crippen MR) is 92.9 cm³/mol. The Hall–Kier alpha value is -1.30. The average Bonchev–Trinajstić information content (AvgIpc) is 2.88. The van der Waals surface area contributed by atoms with Crippen LogP contribution < -0.4 is 5.32 Å². The smallest absolute Gasteiger partial charge is 0.224 e. The number of benzene rings is 1. The molecular formula is C15H22Cl2N4O. The van der Waals surface area contributed by atoms with Crippen LogP contribution in [0, 0.1) is 0 Å². The van der Waals surface area contributed by atoms with Gasteiger partial charge in [0.1, 0.15) is 0 Å². The molecule has 2 aromatic rings. The SMILES string of the molecule is C[C@@H]1CNCCN1C(=O)CCn1cnc2ccccc21.Cl.Cl. The van der Waals surface area contributed by atoms with Gasteiger partial charge in [-0.1, -0.05) is 12.1 Å². The molecule has 1 fully saturated rings. The van der Waals surface area contributed by atoms with E-state index < -0.39 is 0 Å². The monoisotopic (exact) mass is 344 g/mol. The molecule has 1 saturated heterocycles. The van der Waals surface area contributed by atoms with Crippen molar-refractivity contribution in [2.75, 3.05) is 19.6 Å². The van der Waals surface area contributed by atoms with Crippen LogP contribution in [0.3, 0.4) is 0 Å². The maximum atomic E-state index is 12.3. The molecule has 7 heteroatoms. The van der Waals surface area contributed by atoms with Crippen LogP contribution in [-0.2, 0) is 11.3 Å². The highest BCUT2D eigenvalue weighted by Gasteiger charge is 2.22. The third-order valence-electron chi connectivity index (χ3n) is 3.92. The van der Waals surface area contributed by atoms with E-state index in [1.807, 2.05) is 35.5 Å². The molecule has 1 aromatic carbocycles. The number of para-hydroxylation sites is 2. The predicted octanol–water partition coefficient (Wildman–Crippen LogP) is 2.09. The molecule has 22 heavy (non-hydrogen) atoms. The van der Waals surface area contributed by atoms with E-state index in [-0.39, 0.29) is 36.8 Å². The van der Waals surface area contributed by atoms with Crippen LogP contribution in [0.5, 0.6) is 0 Å². The third-order valence-corrected chi connectivity index (χ3v) is 3.92. The minimum atomic E-state index is 0. The van der Waals surface area contributed by atoms with E-state index in [1.54, 1.807) is 0 Å². The minimum absolute atomic E-state index is 0. The number of amides is 1. The molecule has 1 aliphatic heterocycles. The Labute approximate surface area is 142 Å². The highest BCUT2D eigenvalue weighted by molar-refractivity contribution is 5.85. The van der Waals surface area contributed by atoms with Gasteiger partial charge in [0.15, 0.2) is 0 Å². The van der Waals surface area contributed by atoms with Crippen molar-refractivity contribution in [3.05, 3.63) is 30.6 Å². The number of aromatic nitrogens is 2. The zero-order chi connectivity index (χ0) is 13.9. The first-order valence-corrected chi connectivity index (χ1v) is 7.16. The summed E-state index contributed by atoms with van der Waals surface area (Å²) < 4.78 is 2.06. The summed E-state index contributed by atoms with van der Waals surface area (Å²) in [6.07, 6.45) is 2.35. The second-order valence-electron chi connectivity index (χ2n) is 5.32. The first-order valence-electron chi connectivity index (χ1n) is 7.16. The van der Waals surface area contributed by atoms with Crippen molar-refractivity contribution in [1.82, 2.24) is 19.8 Å². The lowest BCUT2D eigenvalue weighted by Gasteiger charge is -2.34. The van der Waals surface area contributed by atoms with Gasteiger partial charge in [-0.2, -0.15) is 0 Å². The Morgan fingerprint density at radius 1 is 1.36 bits per heavy atom. The van der Waals surface area contributed by atoms with E-state index in [2.05, 4.69) is 21.8 Å². The van der Waals surface area contributed by atoms with Crippen LogP contribution in [0.15, 0.2) is 30.6 Å².